The van der Waals surface area contributed by atoms with Crippen LogP contribution in [-0.2, 0) is 12.0 Å². The molecular weight excluding hydrogens is 354 g/mol. The molecule has 1 aliphatic carbocycles. The monoisotopic (exact) mass is 375 g/mol. The highest BCUT2D eigenvalue weighted by Crippen LogP contribution is 2.36. The first-order chi connectivity index (χ1) is 12.5. The molecule has 2 aromatic carbocycles. The summed E-state index contributed by atoms with van der Waals surface area (Å²) in [4.78, 5) is 12.6. The molecule has 2 aromatic rings. The minimum atomic E-state index is -1.11. The van der Waals surface area contributed by atoms with Crippen LogP contribution in [0.1, 0.15) is 34.3 Å². The van der Waals surface area contributed by atoms with Gasteiger partial charge in [-0.15, -0.1) is 0 Å². The van der Waals surface area contributed by atoms with Gasteiger partial charge >= 0.3 is 0 Å². The van der Waals surface area contributed by atoms with Gasteiger partial charge in [-0.1, -0.05) is 17.7 Å². The summed E-state index contributed by atoms with van der Waals surface area (Å²) in [5.74, 6) is 0.867. The number of aliphatic hydroxyl groups is 1. The summed E-state index contributed by atoms with van der Waals surface area (Å²) in [5, 5.41) is 14.4. The number of fused-ring (bicyclic) bond motifs is 1. The summed E-state index contributed by atoms with van der Waals surface area (Å²) in [6.45, 7) is 0.112. The zero-order valence-corrected chi connectivity index (χ0v) is 15.6. The second kappa shape index (κ2) is 7.56. The number of benzene rings is 2. The van der Waals surface area contributed by atoms with Crippen LogP contribution in [-0.4, -0.2) is 31.8 Å². The summed E-state index contributed by atoms with van der Waals surface area (Å²) < 4.78 is 10.5. The van der Waals surface area contributed by atoms with E-state index in [0.717, 1.165) is 29.7 Å². The van der Waals surface area contributed by atoms with E-state index in [0.29, 0.717) is 22.8 Å². The molecule has 6 heteroatoms. The fourth-order valence-electron chi connectivity index (χ4n) is 3.43. The van der Waals surface area contributed by atoms with Crippen LogP contribution in [0, 0.1) is 0 Å². The van der Waals surface area contributed by atoms with Crippen molar-refractivity contribution in [1.29, 1.82) is 0 Å². The molecule has 0 aliphatic heterocycles. The molecule has 1 unspecified atom stereocenters. The lowest BCUT2D eigenvalue weighted by atomic mass is 9.79. The molecule has 1 amide bonds. The number of nitrogens with one attached hydrogen (secondary N) is 1. The second-order valence-corrected chi connectivity index (χ2v) is 6.87. The maximum absolute atomic E-state index is 12.6. The zero-order chi connectivity index (χ0) is 18.7. The average Bonchev–Trinajstić information content (AvgIpc) is 2.66. The van der Waals surface area contributed by atoms with E-state index in [-0.39, 0.29) is 12.5 Å². The number of carbonyl (C=O) groups is 1. The van der Waals surface area contributed by atoms with E-state index in [1.807, 2.05) is 18.2 Å². The van der Waals surface area contributed by atoms with Gasteiger partial charge in [-0.3, -0.25) is 4.79 Å². The Morgan fingerprint density at radius 1 is 1.23 bits per heavy atom. The highest BCUT2D eigenvalue weighted by atomic mass is 35.5. The van der Waals surface area contributed by atoms with Gasteiger partial charge in [0.1, 0.15) is 17.1 Å². The molecule has 1 atom stereocenters. The van der Waals surface area contributed by atoms with Crippen molar-refractivity contribution in [3.63, 3.8) is 0 Å². The Bertz CT molecular complexity index is 823. The van der Waals surface area contributed by atoms with Crippen molar-refractivity contribution in [3.05, 3.63) is 58.1 Å². The third-order valence-corrected chi connectivity index (χ3v) is 5.03. The van der Waals surface area contributed by atoms with Crippen molar-refractivity contribution < 1.29 is 19.4 Å². The molecule has 0 heterocycles. The Balaban J connectivity index is 1.80. The summed E-state index contributed by atoms with van der Waals surface area (Å²) in [6, 6.07) is 10.5. The Morgan fingerprint density at radius 3 is 2.77 bits per heavy atom. The molecule has 138 valence electrons. The Morgan fingerprint density at radius 2 is 2.04 bits per heavy atom. The van der Waals surface area contributed by atoms with E-state index in [1.165, 1.54) is 7.11 Å². The van der Waals surface area contributed by atoms with Gasteiger partial charge in [0.05, 0.1) is 26.3 Å². The van der Waals surface area contributed by atoms with Crippen LogP contribution in [0.25, 0.3) is 0 Å². The van der Waals surface area contributed by atoms with E-state index in [2.05, 4.69) is 5.32 Å². The Hall–Kier alpha value is -2.24. The van der Waals surface area contributed by atoms with Gasteiger partial charge in [0.2, 0.25) is 0 Å². The maximum atomic E-state index is 12.6. The molecule has 0 bridgehead atoms. The number of hydrogen-bond donors (Lipinski definition) is 2. The molecule has 0 saturated heterocycles. The van der Waals surface area contributed by atoms with Crippen molar-refractivity contribution in [2.75, 3.05) is 20.8 Å². The Kier molecular flexibility index (Phi) is 5.39. The van der Waals surface area contributed by atoms with Crippen molar-refractivity contribution in [1.82, 2.24) is 5.32 Å². The van der Waals surface area contributed by atoms with Crippen molar-refractivity contribution in [3.8, 4) is 11.5 Å². The van der Waals surface area contributed by atoms with Gasteiger partial charge in [-0.25, -0.2) is 0 Å². The van der Waals surface area contributed by atoms with Crippen LogP contribution in [0.4, 0.5) is 0 Å². The lowest BCUT2D eigenvalue weighted by Crippen LogP contribution is -2.43. The smallest absolute Gasteiger partial charge is 0.255 e. The van der Waals surface area contributed by atoms with E-state index in [9.17, 15) is 9.90 Å². The van der Waals surface area contributed by atoms with E-state index in [4.69, 9.17) is 21.1 Å². The lowest BCUT2D eigenvalue weighted by Gasteiger charge is -2.35. The number of halogens is 1. The van der Waals surface area contributed by atoms with Crippen LogP contribution in [0.5, 0.6) is 11.5 Å². The topological polar surface area (TPSA) is 67.8 Å². The van der Waals surface area contributed by atoms with E-state index >= 15 is 0 Å². The fourth-order valence-corrected chi connectivity index (χ4v) is 3.60. The molecule has 5 nitrogen and oxygen atoms in total. The third-order valence-electron chi connectivity index (χ3n) is 4.80. The minimum absolute atomic E-state index is 0.112. The van der Waals surface area contributed by atoms with Crippen molar-refractivity contribution in [2.24, 2.45) is 0 Å². The van der Waals surface area contributed by atoms with Crippen LogP contribution in [0.15, 0.2) is 36.4 Å². The standard InChI is InChI=1S/C20H22ClNO4/c1-25-15-6-7-17-13(10-15)4-3-9-20(17,24)12-22-19(23)16-11-14(21)5-8-18(16)26-2/h5-8,10-11,24H,3-4,9,12H2,1-2H3,(H,22,23). The highest BCUT2D eigenvalue weighted by Gasteiger charge is 2.35. The molecule has 3 rings (SSSR count). The Labute approximate surface area is 157 Å². The molecule has 0 saturated carbocycles. The van der Waals surface area contributed by atoms with Crippen LogP contribution in [0.2, 0.25) is 5.02 Å². The van der Waals surface area contributed by atoms with Gasteiger partial charge in [0, 0.05) is 5.02 Å². The second-order valence-electron chi connectivity index (χ2n) is 6.44. The fraction of sp³-hybridized carbons (Fsp3) is 0.350. The number of carbonyl (C=O) groups excluding carboxylic acids is 1. The van der Waals surface area contributed by atoms with Gasteiger partial charge < -0.3 is 19.9 Å². The number of amides is 1. The molecule has 26 heavy (non-hydrogen) atoms. The summed E-state index contributed by atoms with van der Waals surface area (Å²) in [7, 11) is 3.12. The van der Waals surface area contributed by atoms with E-state index in [1.54, 1.807) is 25.3 Å². The minimum Gasteiger partial charge on any atom is -0.497 e. The van der Waals surface area contributed by atoms with Gasteiger partial charge in [-0.2, -0.15) is 0 Å². The zero-order valence-electron chi connectivity index (χ0n) is 14.8. The predicted octanol–water partition coefficient (Wildman–Crippen LogP) is 3.31. The number of methoxy groups -OCH3 is 2. The van der Waals surface area contributed by atoms with Crippen LogP contribution >= 0.6 is 11.6 Å². The van der Waals surface area contributed by atoms with E-state index < -0.39 is 5.60 Å². The number of aryl methyl sites for hydroxylation is 1. The van der Waals surface area contributed by atoms with Crippen molar-refractivity contribution >= 4 is 17.5 Å². The van der Waals surface area contributed by atoms with Gasteiger partial charge in [0.15, 0.2) is 0 Å². The summed E-state index contributed by atoms with van der Waals surface area (Å²) in [6.07, 6.45) is 2.30. The van der Waals surface area contributed by atoms with Gasteiger partial charge in [-0.05, 0) is 60.7 Å². The molecule has 1 aliphatic rings. The van der Waals surface area contributed by atoms with Crippen molar-refractivity contribution in [2.45, 2.75) is 24.9 Å². The van der Waals surface area contributed by atoms with Crippen LogP contribution in [0.3, 0.4) is 0 Å². The molecule has 0 radical (unpaired) electrons. The summed E-state index contributed by atoms with van der Waals surface area (Å²) >= 11 is 5.99. The lowest BCUT2D eigenvalue weighted by molar-refractivity contribution is 0.0188. The average molecular weight is 376 g/mol. The number of ether oxygens (including phenoxy) is 2. The third kappa shape index (κ3) is 3.64. The summed E-state index contributed by atoms with van der Waals surface area (Å²) in [5.41, 5.74) is 1.12. The maximum Gasteiger partial charge on any atom is 0.255 e. The number of rotatable bonds is 5. The molecule has 0 aromatic heterocycles. The SMILES string of the molecule is COc1ccc2c(c1)CCCC2(O)CNC(=O)c1cc(Cl)ccc1OC. The van der Waals surface area contributed by atoms with Gasteiger partial charge in [0.25, 0.3) is 5.91 Å². The predicted molar refractivity (Wildman–Crippen MR) is 100 cm³/mol. The normalized spacial score (nSPS) is 18.8. The highest BCUT2D eigenvalue weighted by molar-refractivity contribution is 6.31. The molecular formula is C20H22ClNO4. The molecule has 2 N–H and O–H groups in total. The number of hydrogen-bond acceptors (Lipinski definition) is 4. The molecule has 0 spiro atoms. The largest absolute Gasteiger partial charge is 0.497 e. The quantitative estimate of drug-likeness (QED) is 0.841. The molecule has 0 fully saturated rings. The first-order valence-electron chi connectivity index (χ1n) is 8.48. The first kappa shape index (κ1) is 18.5. The first-order valence-corrected chi connectivity index (χ1v) is 8.86. The van der Waals surface area contributed by atoms with Crippen LogP contribution < -0.4 is 14.8 Å².